The van der Waals surface area contributed by atoms with Crippen LogP contribution >= 0.6 is 0 Å². The molecule has 0 spiro atoms. The Balaban J connectivity index is 1.63. The number of likely N-dealkylation sites (tertiary alicyclic amines) is 1. The number of rotatable bonds is 2. The van der Waals surface area contributed by atoms with E-state index in [4.69, 9.17) is 4.74 Å². The van der Waals surface area contributed by atoms with E-state index in [0.717, 1.165) is 17.0 Å². The molecule has 168 valence electrons. The van der Waals surface area contributed by atoms with Crippen LogP contribution in [0.5, 0.6) is 5.75 Å². The molecule has 2 aliphatic rings. The lowest BCUT2D eigenvalue weighted by Gasteiger charge is -2.27. The monoisotopic (exact) mass is 446 g/mol. The van der Waals surface area contributed by atoms with Crippen LogP contribution in [0, 0.1) is 0 Å². The van der Waals surface area contributed by atoms with Gasteiger partial charge in [0, 0.05) is 13.5 Å². The molecule has 0 radical (unpaired) electrons. The normalized spacial score (nSPS) is 18.8. The van der Waals surface area contributed by atoms with Crippen molar-refractivity contribution in [3.05, 3.63) is 53.6 Å². The van der Waals surface area contributed by atoms with Crippen LogP contribution in [0.4, 0.5) is 13.2 Å². The molecule has 0 bridgehead atoms. The second-order valence-corrected chi connectivity index (χ2v) is 7.80. The van der Waals surface area contributed by atoms with Crippen molar-refractivity contribution in [1.82, 2.24) is 9.80 Å². The summed E-state index contributed by atoms with van der Waals surface area (Å²) >= 11 is 0. The zero-order valence-corrected chi connectivity index (χ0v) is 17.3. The number of ether oxygens (including phenoxy) is 1. The first kappa shape index (κ1) is 21.9. The highest BCUT2D eigenvalue weighted by molar-refractivity contribution is 6.09. The van der Waals surface area contributed by atoms with E-state index in [9.17, 15) is 27.6 Å². The van der Waals surface area contributed by atoms with E-state index >= 15 is 0 Å². The molecule has 6 nitrogen and oxygen atoms in total. The number of carbonyl (C=O) groups is 3. The van der Waals surface area contributed by atoms with Crippen molar-refractivity contribution in [3.63, 3.8) is 0 Å². The summed E-state index contributed by atoms with van der Waals surface area (Å²) in [6.07, 6.45) is -3.27. The minimum absolute atomic E-state index is 0.0458. The Hall–Kier alpha value is -3.36. The zero-order chi connectivity index (χ0) is 23.0. The van der Waals surface area contributed by atoms with Crippen LogP contribution in [0.2, 0.25) is 0 Å². The molecule has 2 aromatic carbocycles. The Morgan fingerprint density at radius 1 is 1.03 bits per heavy atom. The van der Waals surface area contributed by atoms with Crippen LogP contribution in [0.1, 0.15) is 35.7 Å². The van der Waals surface area contributed by atoms with Gasteiger partial charge < -0.3 is 9.64 Å². The molecule has 2 aromatic rings. The summed E-state index contributed by atoms with van der Waals surface area (Å²) in [5, 5.41) is 0. The van der Waals surface area contributed by atoms with Gasteiger partial charge in [-0.15, -0.1) is 0 Å². The SMILES string of the molecule is CC(=O)N1CCC[C@@H]1C(=O)N1CCOc2ccc(-c3ccc(C(F)(F)F)cc3)cc2C1=O. The van der Waals surface area contributed by atoms with Gasteiger partial charge >= 0.3 is 6.18 Å². The lowest BCUT2D eigenvalue weighted by atomic mass is 10.0. The lowest BCUT2D eigenvalue weighted by Crippen LogP contribution is -2.49. The molecule has 1 fully saturated rings. The molecule has 0 N–H and O–H groups in total. The Kier molecular flexibility index (Phi) is 5.66. The van der Waals surface area contributed by atoms with E-state index in [0.29, 0.717) is 36.3 Å². The summed E-state index contributed by atoms with van der Waals surface area (Å²) in [7, 11) is 0. The molecular formula is C23H21F3N2O4. The minimum Gasteiger partial charge on any atom is -0.491 e. The molecule has 0 aliphatic carbocycles. The molecule has 0 aromatic heterocycles. The Bertz CT molecular complexity index is 1070. The molecule has 2 aliphatic heterocycles. The van der Waals surface area contributed by atoms with Crippen LogP contribution in [-0.2, 0) is 15.8 Å². The topological polar surface area (TPSA) is 66.9 Å². The maximum atomic E-state index is 13.3. The predicted octanol–water partition coefficient (Wildman–Crippen LogP) is 3.74. The number of hydrogen-bond acceptors (Lipinski definition) is 4. The number of halogens is 3. The molecule has 2 heterocycles. The van der Waals surface area contributed by atoms with Crippen LogP contribution < -0.4 is 4.74 Å². The Labute approximate surface area is 182 Å². The van der Waals surface area contributed by atoms with Crippen LogP contribution in [-0.4, -0.2) is 53.3 Å². The molecule has 0 unspecified atom stereocenters. The molecule has 3 amide bonds. The molecule has 0 saturated carbocycles. The quantitative estimate of drug-likeness (QED) is 0.660. The summed E-state index contributed by atoms with van der Waals surface area (Å²) in [4.78, 5) is 40.8. The minimum atomic E-state index is -4.44. The van der Waals surface area contributed by atoms with Gasteiger partial charge in [-0.3, -0.25) is 19.3 Å². The van der Waals surface area contributed by atoms with Crippen molar-refractivity contribution in [2.24, 2.45) is 0 Å². The summed E-state index contributed by atoms with van der Waals surface area (Å²) < 4.78 is 44.2. The van der Waals surface area contributed by atoms with Crippen molar-refractivity contribution >= 4 is 17.7 Å². The summed E-state index contributed by atoms with van der Waals surface area (Å²) in [6, 6.07) is 8.68. The molecule has 1 atom stereocenters. The van der Waals surface area contributed by atoms with Gasteiger partial charge in [-0.05, 0) is 48.2 Å². The van der Waals surface area contributed by atoms with Gasteiger partial charge in [0.2, 0.25) is 5.91 Å². The number of carbonyl (C=O) groups excluding carboxylic acids is 3. The highest BCUT2D eigenvalue weighted by Crippen LogP contribution is 2.33. The number of nitrogens with zero attached hydrogens (tertiary/aromatic N) is 2. The highest BCUT2D eigenvalue weighted by Gasteiger charge is 2.39. The number of benzene rings is 2. The second kappa shape index (κ2) is 8.29. The number of amides is 3. The average molecular weight is 446 g/mol. The summed E-state index contributed by atoms with van der Waals surface area (Å²) in [6.45, 7) is 2.02. The van der Waals surface area contributed by atoms with Gasteiger partial charge in [0.15, 0.2) is 0 Å². The molecule has 1 saturated heterocycles. The van der Waals surface area contributed by atoms with Gasteiger partial charge in [-0.25, -0.2) is 0 Å². The second-order valence-electron chi connectivity index (χ2n) is 7.80. The van der Waals surface area contributed by atoms with Crippen LogP contribution in [0.3, 0.4) is 0 Å². The fourth-order valence-electron chi connectivity index (χ4n) is 4.14. The van der Waals surface area contributed by atoms with E-state index in [1.807, 2.05) is 0 Å². The van der Waals surface area contributed by atoms with Gasteiger partial charge in [0.25, 0.3) is 11.8 Å². The van der Waals surface area contributed by atoms with E-state index in [1.54, 1.807) is 12.1 Å². The fraction of sp³-hybridized carbons (Fsp3) is 0.348. The third-order valence-electron chi connectivity index (χ3n) is 5.78. The number of fused-ring (bicyclic) bond motifs is 1. The predicted molar refractivity (Wildman–Crippen MR) is 109 cm³/mol. The third-order valence-corrected chi connectivity index (χ3v) is 5.78. The van der Waals surface area contributed by atoms with Crippen LogP contribution in [0.25, 0.3) is 11.1 Å². The van der Waals surface area contributed by atoms with E-state index in [1.165, 1.54) is 30.0 Å². The Morgan fingerprint density at radius 3 is 2.38 bits per heavy atom. The maximum absolute atomic E-state index is 13.3. The smallest absolute Gasteiger partial charge is 0.416 e. The lowest BCUT2D eigenvalue weighted by molar-refractivity contribution is -0.141. The van der Waals surface area contributed by atoms with Gasteiger partial charge in [0.1, 0.15) is 18.4 Å². The van der Waals surface area contributed by atoms with Gasteiger partial charge in [-0.2, -0.15) is 13.2 Å². The third kappa shape index (κ3) is 4.06. The van der Waals surface area contributed by atoms with Crippen LogP contribution in [0.15, 0.2) is 42.5 Å². The van der Waals surface area contributed by atoms with Crippen molar-refractivity contribution in [3.8, 4) is 16.9 Å². The van der Waals surface area contributed by atoms with Crippen molar-refractivity contribution < 1.29 is 32.3 Å². The summed E-state index contributed by atoms with van der Waals surface area (Å²) in [5.74, 6) is -0.911. The van der Waals surface area contributed by atoms with E-state index in [2.05, 4.69) is 0 Å². The van der Waals surface area contributed by atoms with Crippen molar-refractivity contribution in [2.45, 2.75) is 32.0 Å². The van der Waals surface area contributed by atoms with E-state index in [-0.39, 0.29) is 24.6 Å². The number of imide groups is 1. The van der Waals surface area contributed by atoms with E-state index < -0.39 is 29.6 Å². The standard InChI is InChI=1S/C23H21F3N2O4/c1-14(29)27-10-2-3-19(27)22(31)28-11-12-32-20-9-6-16(13-18(20)21(28)30)15-4-7-17(8-5-15)23(24,25)26/h4-9,13,19H,2-3,10-12H2,1H3/t19-/m1/s1. The first-order valence-corrected chi connectivity index (χ1v) is 10.2. The first-order valence-electron chi connectivity index (χ1n) is 10.2. The van der Waals surface area contributed by atoms with Crippen molar-refractivity contribution in [2.75, 3.05) is 19.7 Å². The van der Waals surface area contributed by atoms with Crippen molar-refractivity contribution in [1.29, 1.82) is 0 Å². The molecule has 32 heavy (non-hydrogen) atoms. The van der Waals surface area contributed by atoms with Gasteiger partial charge in [0.05, 0.1) is 17.7 Å². The molecular weight excluding hydrogens is 425 g/mol. The fourth-order valence-corrected chi connectivity index (χ4v) is 4.14. The summed E-state index contributed by atoms with van der Waals surface area (Å²) in [5.41, 5.74) is 0.406. The largest absolute Gasteiger partial charge is 0.491 e. The molecule has 4 rings (SSSR count). The highest BCUT2D eigenvalue weighted by atomic mass is 19.4. The average Bonchev–Trinajstić information content (AvgIpc) is 3.20. The first-order chi connectivity index (χ1) is 15.2. The Morgan fingerprint density at radius 2 is 1.72 bits per heavy atom. The maximum Gasteiger partial charge on any atom is 0.416 e. The number of alkyl halides is 3. The molecule has 9 heteroatoms. The number of hydrogen-bond donors (Lipinski definition) is 0. The van der Waals surface area contributed by atoms with Gasteiger partial charge in [-0.1, -0.05) is 18.2 Å². The zero-order valence-electron chi connectivity index (χ0n) is 17.3.